The van der Waals surface area contributed by atoms with Gasteiger partial charge in [-0.25, -0.2) is 0 Å². The Hall–Kier alpha value is -3.38. The zero-order valence-electron chi connectivity index (χ0n) is 14.6. The maximum Gasteiger partial charge on any atom is 0.325 e. The fourth-order valence-electron chi connectivity index (χ4n) is 2.22. The number of benzene rings is 1. The molecule has 0 radical (unpaired) electrons. The first-order valence-corrected chi connectivity index (χ1v) is 7.90. The third-order valence-corrected chi connectivity index (χ3v) is 3.36. The average molecular weight is 400 g/mol. The molecular formula is C16H20N2O10. The van der Waals surface area contributed by atoms with Crippen molar-refractivity contribution in [2.45, 2.75) is 0 Å². The number of esters is 1. The number of aromatic hydroxyl groups is 2. The summed E-state index contributed by atoms with van der Waals surface area (Å²) >= 11 is 0. The molecule has 0 aliphatic heterocycles. The first-order valence-electron chi connectivity index (χ1n) is 7.90. The number of hydrogen-bond acceptors (Lipinski definition) is 9. The Morgan fingerprint density at radius 1 is 0.786 bits per heavy atom. The normalized spacial score (nSPS) is 10.8. The van der Waals surface area contributed by atoms with Crippen LogP contribution in [0.3, 0.4) is 0 Å². The molecule has 0 spiro atoms. The van der Waals surface area contributed by atoms with E-state index in [1.807, 2.05) is 0 Å². The van der Waals surface area contributed by atoms with Crippen molar-refractivity contribution in [3.8, 4) is 17.2 Å². The molecule has 0 unspecified atom stereocenters. The molecule has 154 valence electrons. The molecule has 0 aliphatic carbocycles. The Morgan fingerprint density at radius 3 is 1.71 bits per heavy atom. The topological polar surface area (TPSA) is 185 Å². The van der Waals surface area contributed by atoms with E-state index in [4.69, 9.17) is 20.1 Å². The summed E-state index contributed by atoms with van der Waals surface area (Å²) in [6, 6.07) is 3.71. The highest BCUT2D eigenvalue weighted by Crippen LogP contribution is 2.34. The number of phenols is 2. The molecule has 0 aliphatic rings. The first-order chi connectivity index (χ1) is 13.1. The number of ether oxygens (including phenoxy) is 1. The number of carbonyl (C=O) groups excluding carboxylic acids is 1. The van der Waals surface area contributed by atoms with E-state index in [0.29, 0.717) is 0 Å². The van der Waals surface area contributed by atoms with Gasteiger partial charge in [-0.3, -0.25) is 29.0 Å². The molecule has 12 nitrogen and oxygen atoms in total. The van der Waals surface area contributed by atoms with Gasteiger partial charge in [-0.15, -0.1) is 0 Å². The van der Waals surface area contributed by atoms with Crippen molar-refractivity contribution < 1.29 is 49.4 Å². The zero-order chi connectivity index (χ0) is 21.3. The summed E-state index contributed by atoms with van der Waals surface area (Å²) in [4.78, 5) is 46.8. The van der Waals surface area contributed by atoms with E-state index in [1.165, 1.54) is 18.2 Å². The van der Waals surface area contributed by atoms with Crippen LogP contribution < -0.4 is 4.74 Å². The van der Waals surface area contributed by atoms with Gasteiger partial charge in [-0.2, -0.15) is 0 Å². The van der Waals surface area contributed by atoms with E-state index in [-0.39, 0.29) is 18.8 Å². The van der Waals surface area contributed by atoms with E-state index >= 15 is 0 Å². The lowest BCUT2D eigenvalue weighted by atomic mass is 10.3. The molecule has 5 N–H and O–H groups in total. The van der Waals surface area contributed by atoms with E-state index in [2.05, 4.69) is 0 Å². The van der Waals surface area contributed by atoms with Crippen molar-refractivity contribution in [2.24, 2.45) is 0 Å². The lowest BCUT2D eigenvalue weighted by molar-refractivity contribution is -0.144. The summed E-state index contributed by atoms with van der Waals surface area (Å²) in [5, 5.41) is 45.6. The molecule has 0 saturated heterocycles. The van der Waals surface area contributed by atoms with Gasteiger partial charge in [0.25, 0.3) is 0 Å². The maximum absolute atomic E-state index is 12.0. The number of aliphatic carboxylic acids is 3. The molecular weight excluding hydrogens is 380 g/mol. The molecule has 0 amide bonds. The summed E-state index contributed by atoms with van der Waals surface area (Å²) < 4.78 is 4.89. The van der Waals surface area contributed by atoms with Crippen molar-refractivity contribution in [3.63, 3.8) is 0 Å². The summed E-state index contributed by atoms with van der Waals surface area (Å²) in [5.41, 5.74) is 0. The maximum atomic E-state index is 12.0. The number of para-hydroxylation sites is 1. The van der Waals surface area contributed by atoms with Crippen LogP contribution in [0.2, 0.25) is 0 Å². The van der Waals surface area contributed by atoms with Crippen molar-refractivity contribution >= 4 is 23.9 Å². The predicted molar refractivity (Wildman–Crippen MR) is 91.2 cm³/mol. The summed E-state index contributed by atoms with van der Waals surface area (Å²) in [6.45, 7) is -2.53. The number of hydrogen-bond donors (Lipinski definition) is 5. The summed E-state index contributed by atoms with van der Waals surface area (Å²) in [5.74, 6) is -6.21. The highest BCUT2D eigenvalue weighted by molar-refractivity contribution is 5.77. The van der Waals surface area contributed by atoms with Gasteiger partial charge in [0.15, 0.2) is 11.5 Å². The lowest BCUT2D eigenvalue weighted by Gasteiger charge is -2.24. The molecule has 0 aromatic heterocycles. The minimum Gasteiger partial charge on any atom is -0.504 e. The van der Waals surface area contributed by atoms with Gasteiger partial charge in [0.05, 0.1) is 26.2 Å². The molecule has 1 aromatic rings. The molecule has 1 aromatic carbocycles. The average Bonchev–Trinajstić information content (AvgIpc) is 2.55. The van der Waals surface area contributed by atoms with Crippen molar-refractivity contribution in [2.75, 3.05) is 39.3 Å². The standard InChI is InChI=1S/C16H20N2O10/c19-10-2-1-3-11(16(10)27)28-15(26)9-18(8-14(24)25)5-4-17(6-12(20)21)7-13(22)23/h1-3,19,27H,4-9H2,(H,20,21)(H,22,23)(H,24,25). The van der Waals surface area contributed by atoms with Gasteiger partial charge in [0.2, 0.25) is 5.75 Å². The first kappa shape index (κ1) is 22.7. The van der Waals surface area contributed by atoms with Gasteiger partial charge in [-0.1, -0.05) is 6.07 Å². The van der Waals surface area contributed by atoms with Gasteiger partial charge < -0.3 is 30.3 Å². The molecule has 0 heterocycles. The Balaban J connectivity index is 2.74. The minimum atomic E-state index is -1.27. The second-order valence-corrected chi connectivity index (χ2v) is 5.70. The summed E-state index contributed by atoms with van der Waals surface area (Å²) in [7, 11) is 0. The van der Waals surface area contributed by atoms with E-state index in [9.17, 15) is 29.4 Å². The van der Waals surface area contributed by atoms with Crippen LogP contribution in [-0.4, -0.2) is 98.5 Å². The van der Waals surface area contributed by atoms with Gasteiger partial charge >= 0.3 is 23.9 Å². The second-order valence-electron chi connectivity index (χ2n) is 5.70. The highest BCUT2D eigenvalue weighted by atomic mass is 16.5. The predicted octanol–water partition coefficient (Wildman–Crippen LogP) is -1.14. The van der Waals surface area contributed by atoms with Crippen LogP contribution in [0.4, 0.5) is 0 Å². The molecule has 12 heteroatoms. The molecule has 0 bridgehead atoms. The van der Waals surface area contributed by atoms with Crippen LogP contribution in [0.25, 0.3) is 0 Å². The third kappa shape index (κ3) is 8.33. The third-order valence-electron chi connectivity index (χ3n) is 3.36. The summed E-state index contributed by atoms with van der Waals surface area (Å²) in [6.07, 6.45) is 0. The Kier molecular flexibility index (Phi) is 8.65. The van der Waals surface area contributed by atoms with Crippen LogP contribution in [0.5, 0.6) is 17.2 Å². The Morgan fingerprint density at radius 2 is 1.25 bits per heavy atom. The van der Waals surface area contributed by atoms with Crippen molar-refractivity contribution in [1.82, 2.24) is 9.80 Å². The number of carboxylic acids is 3. The quantitative estimate of drug-likeness (QED) is 0.162. The SMILES string of the molecule is O=C(O)CN(CCN(CC(=O)O)CC(=O)Oc1cccc(O)c1O)CC(=O)O. The highest BCUT2D eigenvalue weighted by Gasteiger charge is 2.20. The van der Waals surface area contributed by atoms with Crippen LogP contribution in [0.15, 0.2) is 18.2 Å². The fraction of sp³-hybridized carbons (Fsp3) is 0.375. The van der Waals surface area contributed by atoms with Crippen LogP contribution in [-0.2, 0) is 19.2 Å². The van der Waals surface area contributed by atoms with E-state index < -0.39 is 61.6 Å². The zero-order valence-corrected chi connectivity index (χ0v) is 14.6. The minimum absolute atomic E-state index is 0.128. The number of nitrogens with zero attached hydrogens (tertiary/aromatic N) is 2. The number of carboxylic acid groups (broad SMARTS) is 3. The monoisotopic (exact) mass is 400 g/mol. The molecule has 0 atom stereocenters. The Labute approximate surface area is 158 Å². The van der Waals surface area contributed by atoms with Gasteiger partial charge in [0, 0.05) is 13.1 Å². The smallest absolute Gasteiger partial charge is 0.325 e. The van der Waals surface area contributed by atoms with E-state index in [0.717, 1.165) is 9.80 Å². The number of carbonyl (C=O) groups is 4. The van der Waals surface area contributed by atoms with Crippen molar-refractivity contribution in [1.29, 1.82) is 0 Å². The van der Waals surface area contributed by atoms with Crippen molar-refractivity contribution in [3.05, 3.63) is 18.2 Å². The van der Waals surface area contributed by atoms with Crippen LogP contribution in [0, 0.1) is 0 Å². The lowest BCUT2D eigenvalue weighted by Crippen LogP contribution is -2.43. The second kappa shape index (κ2) is 10.7. The van der Waals surface area contributed by atoms with E-state index in [1.54, 1.807) is 0 Å². The fourth-order valence-corrected chi connectivity index (χ4v) is 2.22. The molecule has 0 saturated carbocycles. The van der Waals surface area contributed by atoms with Gasteiger partial charge in [-0.05, 0) is 12.1 Å². The van der Waals surface area contributed by atoms with Crippen LogP contribution >= 0.6 is 0 Å². The molecule has 0 fully saturated rings. The largest absolute Gasteiger partial charge is 0.504 e. The van der Waals surface area contributed by atoms with Gasteiger partial charge in [0.1, 0.15) is 0 Å². The Bertz CT molecular complexity index is 720. The van der Waals surface area contributed by atoms with Crippen LogP contribution in [0.1, 0.15) is 0 Å². The number of rotatable bonds is 12. The number of phenolic OH excluding ortho intramolecular Hbond substituents is 2. The molecule has 28 heavy (non-hydrogen) atoms. The molecule has 1 rings (SSSR count).